The third-order valence-corrected chi connectivity index (χ3v) is 3.08. The van der Waals surface area contributed by atoms with E-state index in [0.717, 1.165) is 12.8 Å². The quantitative estimate of drug-likeness (QED) is 0.719. The number of nitrogens with zero attached hydrogens (tertiary/aromatic N) is 1. The Morgan fingerprint density at radius 3 is 2.28 bits per heavy atom. The number of carbonyl (C=O) groups excluding carboxylic acids is 1. The second kappa shape index (κ2) is 5.44. The average Bonchev–Trinajstić information content (AvgIpc) is 2.97. The monoisotopic (exact) mass is 267 g/mol. The number of halogens is 3. The third-order valence-electron chi connectivity index (χ3n) is 3.08. The van der Waals surface area contributed by atoms with Crippen molar-refractivity contribution in [3.8, 4) is 0 Å². The van der Waals surface area contributed by atoms with E-state index in [1.165, 1.54) is 4.90 Å². The fraction of sp³-hybridized carbons (Fsp3) is 0.909. The summed E-state index contributed by atoms with van der Waals surface area (Å²) in [6.07, 6.45) is -2.76. The zero-order valence-corrected chi connectivity index (χ0v) is 10.7. The number of amides is 1. The highest BCUT2D eigenvalue weighted by Crippen LogP contribution is 2.31. The Kier molecular flexibility index (Phi) is 4.61. The van der Waals surface area contributed by atoms with Crippen LogP contribution in [0.2, 0.25) is 0 Å². The van der Waals surface area contributed by atoms with Crippen LogP contribution in [-0.2, 0) is 4.79 Å². The summed E-state index contributed by atoms with van der Waals surface area (Å²) in [7, 11) is 0. The van der Waals surface area contributed by atoms with Crippen molar-refractivity contribution in [2.75, 3.05) is 19.6 Å². The molecule has 0 aromatic heterocycles. The molecule has 0 radical (unpaired) electrons. The van der Waals surface area contributed by atoms with Crippen LogP contribution in [0.1, 0.15) is 26.7 Å². The van der Waals surface area contributed by atoms with Crippen LogP contribution in [0.15, 0.2) is 0 Å². The van der Waals surface area contributed by atoms with E-state index >= 15 is 0 Å². The molecule has 0 spiro atoms. The number of alkyl halides is 3. The standard InChI is InChI=1S/C11H20F3N3O/c1-3-16-10(2,9(15)18)6-17(8-4-5-8)7-11(12,13)14/h8,16H,3-7H2,1-2H3,(H2,15,18). The van der Waals surface area contributed by atoms with Gasteiger partial charge in [0, 0.05) is 12.6 Å². The Labute approximate surface area is 105 Å². The topological polar surface area (TPSA) is 58.4 Å². The molecule has 0 heterocycles. The maximum absolute atomic E-state index is 12.5. The Hall–Kier alpha value is -0.820. The molecule has 0 aromatic rings. The molecule has 1 aliphatic rings. The van der Waals surface area contributed by atoms with Crippen molar-refractivity contribution in [2.45, 2.75) is 44.4 Å². The number of rotatable bonds is 7. The first kappa shape index (κ1) is 15.2. The molecule has 7 heteroatoms. The summed E-state index contributed by atoms with van der Waals surface area (Å²) in [4.78, 5) is 12.7. The van der Waals surface area contributed by atoms with Crippen molar-refractivity contribution in [1.82, 2.24) is 10.2 Å². The lowest BCUT2D eigenvalue weighted by Crippen LogP contribution is -2.60. The van der Waals surface area contributed by atoms with E-state index in [2.05, 4.69) is 5.32 Å². The van der Waals surface area contributed by atoms with Crippen LogP contribution in [-0.4, -0.2) is 48.2 Å². The molecule has 1 rings (SSSR count). The van der Waals surface area contributed by atoms with Crippen LogP contribution in [0, 0.1) is 0 Å². The van der Waals surface area contributed by atoms with Gasteiger partial charge < -0.3 is 11.1 Å². The molecule has 1 atom stereocenters. The summed E-state index contributed by atoms with van der Waals surface area (Å²) >= 11 is 0. The molecule has 0 saturated heterocycles. The number of nitrogens with two attached hydrogens (primary N) is 1. The van der Waals surface area contributed by atoms with Gasteiger partial charge in [-0.25, -0.2) is 0 Å². The predicted octanol–water partition coefficient (Wildman–Crippen LogP) is 0.867. The maximum atomic E-state index is 12.5. The summed E-state index contributed by atoms with van der Waals surface area (Å²) < 4.78 is 37.4. The number of likely N-dealkylation sites (N-methyl/N-ethyl adjacent to an activating group) is 1. The minimum absolute atomic E-state index is 0.0135. The van der Waals surface area contributed by atoms with Gasteiger partial charge in [-0.05, 0) is 26.3 Å². The van der Waals surface area contributed by atoms with E-state index in [1.807, 2.05) is 0 Å². The van der Waals surface area contributed by atoms with Crippen LogP contribution >= 0.6 is 0 Å². The Balaban J connectivity index is 2.71. The van der Waals surface area contributed by atoms with E-state index < -0.39 is 24.2 Å². The van der Waals surface area contributed by atoms with Gasteiger partial charge in [-0.15, -0.1) is 0 Å². The zero-order chi connectivity index (χ0) is 14.0. The highest BCUT2D eigenvalue weighted by atomic mass is 19.4. The Morgan fingerprint density at radius 2 is 1.94 bits per heavy atom. The van der Waals surface area contributed by atoms with Crippen LogP contribution in [0.3, 0.4) is 0 Å². The molecule has 0 aliphatic heterocycles. The molecule has 1 saturated carbocycles. The molecule has 0 bridgehead atoms. The number of carbonyl (C=O) groups is 1. The van der Waals surface area contributed by atoms with E-state index in [1.54, 1.807) is 13.8 Å². The predicted molar refractivity (Wildman–Crippen MR) is 61.9 cm³/mol. The molecule has 18 heavy (non-hydrogen) atoms. The summed E-state index contributed by atoms with van der Waals surface area (Å²) in [5, 5.41) is 2.87. The van der Waals surface area contributed by atoms with Crippen molar-refractivity contribution < 1.29 is 18.0 Å². The molecule has 4 nitrogen and oxygen atoms in total. The number of nitrogens with one attached hydrogen (secondary N) is 1. The number of hydrogen-bond donors (Lipinski definition) is 2. The van der Waals surface area contributed by atoms with Gasteiger partial charge in [0.15, 0.2) is 0 Å². The molecule has 1 fully saturated rings. The second-order valence-corrected chi connectivity index (χ2v) is 4.98. The van der Waals surface area contributed by atoms with Crippen LogP contribution in [0.25, 0.3) is 0 Å². The number of hydrogen-bond acceptors (Lipinski definition) is 3. The number of primary amides is 1. The lowest BCUT2D eigenvalue weighted by Gasteiger charge is -2.34. The van der Waals surface area contributed by atoms with E-state index in [4.69, 9.17) is 5.73 Å². The van der Waals surface area contributed by atoms with Gasteiger partial charge >= 0.3 is 6.18 Å². The van der Waals surface area contributed by atoms with Crippen molar-refractivity contribution in [3.05, 3.63) is 0 Å². The minimum Gasteiger partial charge on any atom is -0.368 e. The van der Waals surface area contributed by atoms with Crippen LogP contribution in [0.5, 0.6) is 0 Å². The summed E-state index contributed by atoms with van der Waals surface area (Å²) in [6, 6.07) is -0.0797. The summed E-state index contributed by atoms with van der Waals surface area (Å²) in [6.45, 7) is 2.80. The van der Waals surface area contributed by atoms with E-state index in [-0.39, 0.29) is 12.6 Å². The van der Waals surface area contributed by atoms with Gasteiger partial charge in [0.1, 0.15) is 5.54 Å². The fourth-order valence-electron chi connectivity index (χ4n) is 2.00. The SMILES string of the molecule is CCNC(C)(CN(CC(F)(F)F)C1CC1)C(N)=O. The van der Waals surface area contributed by atoms with Crippen LogP contribution in [0.4, 0.5) is 13.2 Å². The minimum atomic E-state index is -4.26. The zero-order valence-electron chi connectivity index (χ0n) is 10.7. The lowest BCUT2D eigenvalue weighted by atomic mass is 10.0. The molecule has 1 aliphatic carbocycles. The molecule has 1 amide bonds. The fourth-order valence-corrected chi connectivity index (χ4v) is 2.00. The van der Waals surface area contributed by atoms with Gasteiger partial charge in [0.25, 0.3) is 0 Å². The molecule has 0 aromatic carbocycles. The average molecular weight is 267 g/mol. The molecular weight excluding hydrogens is 247 g/mol. The first-order chi connectivity index (χ1) is 8.18. The van der Waals surface area contributed by atoms with Crippen molar-refractivity contribution in [1.29, 1.82) is 0 Å². The molecule has 106 valence electrons. The van der Waals surface area contributed by atoms with Gasteiger partial charge in [-0.3, -0.25) is 9.69 Å². The van der Waals surface area contributed by atoms with Gasteiger partial charge in [0.05, 0.1) is 6.54 Å². The largest absolute Gasteiger partial charge is 0.401 e. The third kappa shape index (κ3) is 4.45. The molecule has 1 unspecified atom stereocenters. The summed E-state index contributed by atoms with van der Waals surface area (Å²) in [5.74, 6) is -0.628. The smallest absolute Gasteiger partial charge is 0.368 e. The molecular formula is C11H20F3N3O. The van der Waals surface area contributed by atoms with Gasteiger partial charge in [-0.1, -0.05) is 6.92 Å². The maximum Gasteiger partial charge on any atom is 0.401 e. The van der Waals surface area contributed by atoms with Gasteiger partial charge in [0.2, 0.25) is 5.91 Å². The van der Waals surface area contributed by atoms with Crippen LogP contribution < -0.4 is 11.1 Å². The highest BCUT2D eigenvalue weighted by Gasteiger charge is 2.42. The first-order valence-electron chi connectivity index (χ1n) is 6.03. The highest BCUT2D eigenvalue weighted by molar-refractivity contribution is 5.84. The van der Waals surface area contributed by atoms with Crippen molar-refractivity contribution in [3.63, 3.8) is 0 Å². The van der Waals surface area contributed by atoms with Crippen molar-refractivity contribution >= 4 is 5.91 Å². The lowest BCUT2D eigenvalue weighted by molar-refractivity contribution is -0.151. The normalized spacial score (nSPS) is 19.9. The van der Waals surface area contributed by atoms with E-state index in [0.29, 0.717) is 6.54 Å². The van der Waals surface area contributed by atoms with Crippen molar-refractivity contribution in [2.24, 2.45) is 5.73 Å². The molecule has 3 N–H and O–H groups in total. The summed E-state index contributed by atoms with van der Waals surface area (Å²) in [5.41, 5.74) is 4.16. The van der Waals surface area contributed by atoms with Gasteiger partial charge in [-0.2, -0.15) is 13.2 Å². The Bertz CT molecular complexity index is 304. The first-order valence-corrected chi connectivity index (χ1v) is 6.03. The second-order valence-electron chi connectivity index (χ2n) is 4.98. The Morgan fingerprint density at radius 1 is 1.39 bits per heavy atom. The van der Waals surface area contributed by atoms with E-state index in [9.17, 15) is 18.0 Å².